The first-order valence-electron chi connectivity index (χ1n) is 4.12. The Balaban J connectivity index is 3.06. The highest BCUT2D eigenvalue weighted by Gasteiger charge is 2.16. The summed E-state index contributed by atoms with van der Waals surface area (Å²) in [7, 11) is 0. The molecule has 0 radical (unpaired) electrons. The maximum Gasteiger partial charge on any atom is 0.280 e. The predicted molar refractivity (Wildman–Crippen MR) is 49.3 cm³/mol. The third kappa shape index (κ3) is 2.00. The Hall–Kier alpha value is -1.62. The molecule has 0 saturated carbocycles. The number of hydrogen-bond acceptors (Lipinski definition) is 3. The van der Waals surface area contributed by atoms with Crippen LogP contribution in [0.5, 0.6) is 0 Å². The van der Waals surface area contributed by atoms with E-state index in [1.807, 2.05) is 0 Å². The van der Waals surface area contributed by atoms with Crippen LogP contribution in [0, 0.1) is 5.82 Å². The molecular weight excluding hydrogens is 187 g/mol. The molecule has 0 aliphatic rings. The van der Waals surface area contributed by atoms with E-state index in [0.29, 0.717) is 5.06 Å². The zero-order valence-electron chi connectivity index (χ0n) is 7.70. The summed E-state index contributed by atoms with van der Waals surface area (Å²) in [4.78, 5) is 11.3. The molecule has 1 aromatic rings. The van der Waals surface area contributed by atoms with Crippen molar-refractivity contribution in [3.05, 3.63) is 29.6 Å². The molecule has 4 nitrogen and oxygen atoms in total. The van der Waals surface area contributed by atoms with Gasteiger partial charge in [0, 0.05) is 12.2 Å². The molecule has 0 atom stereocenters. The van der Waals surface area contributed by atoms with Crippen molar-refractivity contribution in [3.8, 4) is 0 Å². The van der Waals surface area contributed by atoms with E-state index >= 15 is 0 Å². The number of carbonyl (C=O) groups excluding carboxylic acids is 1. The Bertz CT molecular complexity index is 355. The largest absolute Gasteiger partial charge is 0.399 e. The van der Waals surface area contributed by atoms with Gasteiger partial charge in [0.25, 0.3) is 5.91 Å². The Labute approximate surface area is 80.7 Å². The second kappa shape index (κ2) is 4.06. The van der Waals surface area contributed by atoms with Crippen molar-refractivity contribution in [2.24, 2.45) is 0 Å². The highest BCUT2D eigenvalue weighted by Crippen LogP contribution is 2.13. The van der Waals surface area contributed by atoms with E-state index in [0.717, 1.165) is 6.07 Å². The van der Waals surface area contributed by atoms with E-state index in [1.165, 1.54) is 12.1 Å². The minimum Gasteiger partial charge on any atom is -0.399 e. The molecule has 1 rings (SSSR count). The molecule has 0 spiro atoms. The van der Waals surface area contributed by atoms with Crippen LogP contribution in [0.1, 0.15) is 17.3 Å². The number of hydroxylamine groups is 2. The van der Waals surface area contributed by atoms with Crippen LogP contribution in [0.2, 0.25) is 0 Å². The van der Waals surface area contributed by atoms with Gasteiger partial charge in [0.05, 0.1) is 5.56 Å². The van der Waals surface area contributed by atoms with Crippen LogP contribution in [-0.2, 0) is 0 Å². The number of rotatable bonds is 2. The maximum atomic E-state index is 13.1. The number of hydrogen-bond donors (Lipinski definition) is 2. The highest BCUT2D eigenvalue weighted by atomic mass is 19.1. The number of benzene rings is 1. The van der Waals surface area contributed by atoms with Gasteiger partial charge in [-0.05, 0) is 25.1 Å². The topological polar surface area (TPSA) is 66.6 Å². The molecule has 76 valence electrons. The first-order chi connectivity index (χ1) is 6.56. The second-order valence-corrected chi connectivity index (χ2v) is 2.76. The second-order valence-electron chi connectivity index (χ2n) is 2.76. The molecule has 0 aromatic heterocycles. The lowest BCUT2D eigenvalue weighted by atomic mass is 10.2. The predicted octanol–water partition coefficient (Wildman–Crippen LogP) is 1.26. The zero-order chi connectivity index (χ0) is 10.7. The normalized spacial score (nSPS) is 9.93. The van der Waals surface area contributed by atoms with Crippen LogP contribution in [-0.4, -0.2) is 22.7 Å². The highest BCUT2D eigenvalue weighted by molar-refractivity contribution is 5.94. The molecule has 0 fully saturated rings. The van der Waals surface area contributed by atoms with Gasteiger partial charge in [0.1, 0.15) is 5.82 Å². The average Bonchev–Trinajstić information content (AvgIpc) is 2.19. The van der Waals surface area contributed by atoms with Crippen LogP contribution >= 0.6 is 0 Å². The van der Waals surface area contributed by atoms with Gasteiger partial charge in [-0.25, -0.2) is 9.45 Å². The Morgan fingerprint density at radius 1 is 1.64 bits per heavy atom. The van der Waals surface area contributed by atoms with Crippen molar-refractivity contribution in [2.75, 3.05) is 12.3 Å². The van der Waals surface area contributed by atoms with Gasteiger partial charge >= 0.3 is 0 Å². The summed E-state index contributed by atoms with van der Waals surface area (Å²) in [5.74, 6) is -1.49. The van der Waals surface area contributed by atoms with Crippen molar-refractivity contribution in [3.63, 3.8) is 0 Å². The minimum absolute atomic E-state index is 0.0903. The van der Waals surface area contributed by atoms with Gasteiger partial charge in [-0.15, -0.1) is 0 Å². The summed E-state index contributed by atoms with van der Waals surface area (Å²) in [6.45, 7) is 1.66. The summed E-state index contributed by atoms with van der Waals surface area (Å²) in [5, 5.41) is 9.50. The smallest absolute Gasteiger partial charge is 0.280 e. The molecule has 1 amide bonds. The Kier molecular flexibility index (Phi) is 3.03. The molecule has 0 aliphatic heterocycles. The number of halogens is 1. The van der Waals surface area contributed by atoms with Crippen molar-refractivity contribution in [2.45, 2.75) is 6.92 Å². The summed E-state index contributed by atoms with van der Waals surface area (Å²) < 4.78 is 13.1. The van der Waals surface area contributed by atoms with E-state index < -0.39 is 11.7 Å². The fraction of sp³-hybridized carbons (Fsp3) is 0.222. The van der Waals surface area contributed by atoms with E-state index in [4.69, 9.17) is 10.9 Å². The van der Waals surface area contributed by atoms with Crippen molar-refractivity contribution < 1.29 is 14.4 Å². The van der Waals surface area contributed by atoms with Crippen molar-refractivity contribution in [1.82, 2.24) is 5.06 Å². The quantitative estimate of drug-likeness (QED) is 0.427. The molecule has 5 heteroatoms. The number of nitrogens with zero attached hydrogens (tertiary/aromatic N) is 1. The van der Waals surface area contributed by atoms with Crippen molar-refractivity contribution >= 4 is 11.6 Å². The molecule has 14 heavy (non-hydrogen) atoms. The van der Waals surface area contributed by atoms with Gasteiger partial charge in [0.2, 0.25) is 0 Å². The number of anilines is 1. The van der Waals surface area contributed by atoms with Crippen LogP contribution in [0.15, 0.2) is 18.2 Å². The molecule has 1 aromatic carbocycles. The fourth-order valence-corrected chi connectivity index (χ4v) is 0.989. The van der Waals surface area contributed by atoms with Gasteiger partial charge in [-0.1, -0.05) is 0 Å². The summed E-state index contributed by atoms with van der Waals surface area (Å²) in [6, 6.07) is 3.63. The maximum absolute atomic E-state index is 13.1. The Morgan fingerprint density at radius 3 is 2.86 bits per heavy atom. The third-order valence-corrected chi connectivity index (χ3v) is 1.75. The number of nitrogen functional groups attached to an aromatic ring is 1. The standard InChI is InChI=1S/C9H11FN2O2/c1-2-12(14)9(13)7-5-6(11)3-4-8(7)10/h3-5,14H,2,11H2,1H3. The number of nitrogens with two attached hydrogens (primary N) is 1. The van der Waals surface area contributed by atoms with Gasteiger partial charge in [-0.3, -0.25) is 10.0 Å². The van der Waals surface area contributed by atoms with Crippen LogP contribution in [0.4, 0.5) is 10.1 Å². The Morgan fingerprint density at radius 2 is 2.29 bits per heavy atom. The summed E-state index contributed by atoms with van der Waals surface area (Å²) in [6.07, 6.45) is 0. The molecule has 3 N–H and O–H groups in total. The van der Waals surface area contributed by atoms with E-state index in [2.05, 4.69) is 0 Å². The monoisotopic (exact) mass is 198 g/mol. The van der Waals surface area contributed by atoms with Crippen LogP contribution in [0.3, 0.4) is 0 Å². The lowest BCUT2D eigenvalue weighted by Gasteiger charge is -2.12. The molecule has 0 aliphatic carbocycles. The van der Waals surface area contributed by atoms with Gasteiger partial charge in [0.15, 0.2) is 0 Å². The van der Waals surface area contributed by atoms with E-state index in [1.54, 1.807) is 6.92 Å². The zero-order valence-corrected chi connectivity index (χ0v) is 7.70. The SMILES string of the molecule is CCN(O)C(=O)c1cc(N)ccc1F. The lowest BCUT2D eigenvalue weighted by molar-refractivity contribution is -0.0544. The van der Waals surface area contributed by atoms with E-state index in [-0.39, 0.29) is 17.8 Å². The summed E-state index contributed by atoms with van der Waals surface area (Å²) in [5.41, 5.74) is 5.44. The van der Waals surface area contributed by atoms with Gasteiger partial charge < -0.3 is 5.73 Å². The van der Waals surface area contributed by atoms with Gasteiger partial charge in [-0.2, -0.15) is 0 Å². The van der Waals surface area contributed by atoms with Crippen LogP contribution in [0.25, 0.3) is 0 Å². The van der Waals surface area contributed by atoms with E-state index in [9.17, 15) is 9.18 Å². The molecular formula is C9H11FN2O2. The number of carbonyl (C=O) groups is 1. The first-order valence-corrected chi connectivity index (χ1v) is 4.12. The van der Waals surface area contributed by atoms with Crippen LogP contribution < -0.4 is 5.73 Å². The lowest BCUT2D eigenvalue weighted by Crippen LogP contribution is -2.27. The first kappa shape index (κ1) is 10.5. The summed E-state index contributed by atoms with van der Waals surface area (Å²) >= 11 is 0. The molecule has 0 saturated heterocycles. The fourth-order valence-electron chi connectivity index (χ4n) is 0.989. The average molecular weight is 198 g/mol. The molecule has 0 unspecified atom stereocenters. The molecule has 0 heterocycles. The third-order valence-electron chi connectivity index (χ3n) is 1.75. The number of amides is 1. The van der Waals surface area contributed by atoms with Crippen molar-refractivity contribution in [1.29, 1.82) is 0 Å². The minimum atomic E-state index is -0.794. The molecule has 0 bridgehead atoms.